The van der Waals surface area contributed by atoms with Crippen LogP contribution < -0.4 is 0 Å². The highest BCUT2D eigenvalue weighted by Crippen LogP contribution is 2.66. The molecule has 4 spiro atoms. The molecule has 20 atom stereocenters. The van der Waals surface area contributed by atoms with Crippen LogP contribution in [0.5, 0.6) is 0 Å². The normalized spacial score (nSPS) is 50.5. The Balaban J connectivity index is 0.000000108. The lowest BCUT2D eigenvalue weighted by Crippen LogP contribution is -2.36. The summed E-state index contributed by atoms with van der Waals surface area (Å²) in [7, 11) is 0. The highest BCUT2D eigenvalue weighted by molar-refractivity contribution is 5.30. The molecule has 12 aliphatic rings. The summed E-state index contributed by atoms with van der Waals surface area (Å²) in [4.78, 5) is 0. The van der Waals surface area contributed by atoms with E-state index in [0.29, 0.717) is 118 Å². The SMILES string of the molecule is C=C(C)[C@@H]1CCC(=C)[C@@]2(C1)C[C@@H]1O[C@@H]1[C@@H]2C.C=C(C)[C@@H]1CCC(=C)[C@@]2(C1)C[C@@H]1O[C@@H]1[C@H]2C.C=C(C)[C@@H]1CCC(=C)[C@@]2(C1)C[C@H]1O[C@H]1[C@@H]2C.C=C(C)[C@@H]1CCC(=C)[C@@]2(C1)C[C@H]1O[C@H]1[C@H]2C. The minimum absolute atomic E-state index is 0.384. The smallest absolute Gasteiger partial charge is 0.0876 e. The van der Waals surface area contributed by atoms with Crippen LogP contribution in [0.1, 0.15) is 158 Å². The highest BCUT2D eigenvalue weighted by Gasteiger charge is 2.66. The van der Waals surface area contributed by atoms with Crippen molar-refractivity contribution in [1.29, 1.82) is 0 Å². The Labute approximate surface area is 390 Å². The molecule has 0 unspecified atom stereocenters. The van der Waals surface area contributed by atoms with Crippen LogP contribution in [-0.4, -0.2) is 48.8 Å². The number of hydrogen-bond donors (Lipinski definition) is 0. The topological polar surface area (TPSA) is 50.1 Å². The van der Waals surface area contributed by atoms with E-state index >= 15 is 0 Å². The Morgan fingerprint density at radius 1 is 0.359 bits per heavy atom. The van der Waals surface area contributed by atoms with E-state index in [1.54, 1.807) is 0 Å². The molecule has 4 heterocycles. The third-order valence-electron chi connectivity index (χ3n) is 21.4. The summed E-state index contributed by atoms with van der Waals surface area (Å²) in [6, 6.07) is 0. The Morgan fingerprint density at radius 3 is 0.688 bits per heavy atom. The van der Waals surface area contributed by atoms with Crippen molar-refractivity contribution >= 4 is 0 Å². The Morgan fingerprint density at radius 2 is 0.547 bits per heavy atom. The standard InChI is InChI=1S/4C15H22O/c4*1-9(2)12-6-5-10(3)15(7-12)8-13-14(16-13)11(15)4/h4*11-14H,1,3,5-8H2,2,4H3/t11-,12+,13+,14-,15+;11-,12+,13-,14+,15+;11-,12-,13+,14-,15-;11-,12-,13-,14+,15-/m0011/s1. The van der Waals surface area contributed by atoms with Gasteiger partial charge in [-0.1, -0.05) is 125 Å². The minimum atomic E-state index is 0.384. The van der Waals surface area contributed by atoms with E-state index in [0.717, 1.165) is 0 Å². The molecule has 8 aliphatic carbocycles. The summed E-state index contributed by atoms with van der Waals surface area (Å²) in [5, 5.41) is 0. The lowest BCUT2D eigenvalue weighted by atomic mass is 9.61. The number of rotatable bonds is 4. The third-order valence-corrected chi connectivity index (χ3v) is 21.4. The van der Waals surface area contributed by atoms with Gasteiger partial charge in [0.25, 0.3) is 0 Å². The first kappa shape index (κ1) is 46.9. The molecule has 352 valence electrons. The molecule has 64 heavy (non-hydrogen) atoms. The number of hydrogen-bond acceptors (Lipinski definition) is 4. The summed E-state index contributed by atoms with van der Waals surface area (Å²) >= 11 is 0. The first-order valence-electron chi connectivity index (χ1n) is 26.1. The van der Waals surface area contributed by atoms with E-state index in [1.165, 1.54) is 147 Å². The van der Waals surface area contributed by atoms with Crippen molar-refractivity contribution in [2.24, 2.45) is 69.0 Å². The van der Waals surface area contributed by atoms with E-state index in [2.05, 4.69) is 108 Å². The number of ether oxygens (including phenoxy) is 4. The summed E-state index contributed by atoms with van der Waals surface area (Å²) in [5.74, 6) is 5.55. The summed E-state index contributed by atoms with van der Waals surface area (Å²) in [6.45, 7) is 52.3. The van der Waals surface area contributed by atoms with Gasteiger partial charge in [-0.05, 0) is 199 Å². The van der Waals surface area contributed by atoms with Crippen molar-refractivity contribution in [3.05, 3.63) is 97.2 Å². The monoisotopic (exact) mass is 873 g/mol. The van der Waals surface area contributed by atoms with Crippen LogP contribution in [0.15, 0.2) is 97.2 Å². The average molecular weight is 873 g/mol. The molecule has 12 rings (SSSR count). The first-order valence-corrected chi connectivity index (χ1v) is 26.1. The van der Waals surface area contributed by atoms with Gasteiger partial charge in [0.1, 0.15) is 0 Å². The number of fused-ring (bicyclic) bond motifs is 4. The second kappa shape index (κ2) is 16.8. The fourth-order valence-electron chi connectivity index (χ4n) is 16.2. The Hall–Kier alpha value is -2.24. The van der Waals surface area contributed by atoms with Crippen LogP contribution in [0, 0.1) is 69.0 Å². The maximum absolute atomic E-state index is 5.67. The van der Waals surface area contributed by atoms with Crippen molar-refractivity contribution in [3.8, 4) is 0 Å². The molecule has 4 aliphatic heterocycles. The quantitative estimate of drug-likeness (QED) is 0.209. The summed E-state index contributed by atoms with van der Waals surface area (Å²) < 4.78 is 22.7. The second-order valence-corrected chi connectivity index (χ2v) is 24.7. The maximum atomic E-state index is 5.67. The molecule has 0 aromatic heterocycles. The van der Waals surface area contributed by atoms with Crippen molar-refractivity contribution in [2.45, 2.75) is 207 Å². The van der Waals surface area contributed by atoms with Crippen LogP contribution in [0.2, 0.25) is 0 Å². The number of epoxide rings is 4. The van der Waals surface area contributed by atoms with Crippen molar-refractivity contribution < 1.29 is 18.9 Å². The van der Waals surface area contributed by atoms with Crippen LogP contribution in [0.3, 0.4) is 0 Å². The largest absolute Gasteiger partial charge is 0.369 e. The van der Waals surface area contributed by atoms with Crippen molar-refractivity contribution in [3.63, 3.8) is 0 Å². The predicted octanol–water partition coefficient (Wildman–Crippen LogP) is 14.8. The first-order chi connectivity index (χ1) is 30.2. The maximum Gasteiger partial charge on any atom is 0.0876 e. The molecule has 4 saturated heterocycles. The van der Waals surface area contributed by atoms with E-state index in [4.69, 9.17) is 18.9 Å². The molecule has 4 nitrogen and oxygen atoms in total. The van der Waals surface area contributed by atoms with Gasteiger partial charge in [-0.2, -0.15) is 0 Å². The zero-order valence-corrected chi connectivity index (χ0v) is 41.8. The zero-order chi connectivity index (χ0) is 46.0. The predicted molar refractivity (Wildman–Crippen MR) is 265 cm³/mol. The van der Waals surface area contributed by atoms with Gasteiger partial charge < -0.3 is 18.9 Å². The molecule has 0 aromatic carbocycles. The van der Waals surface area contributed by atoms with Gasteiger partial charge in [-0.3, -0.25) is 0 Å². The molecule has 0 radical (unpaired) electrons. The highest BCUT2D eigenvalue weighted by atomic mass is 16.6. The van der Waals surface area contributed by atoms with Gasteiger partial charge in [0, 0.05) is 0 Å². The summed E-state index contributed by atoms with van der Waals surface area (Å²) in [5.41, 5.74) is 13.0. The summed E-state index contributed by atoms with van der Waals surface area (Å²) in [6.07, 6.45) is 24.2. The average Bonchev–Trinajstić information content (AvgIpc) is 4.15. The van der Waals surface area contributed by atoms with Crippen LogP contribution >= 0.6 is 0 Å². The molecule has 0 aromatic rings. The van der Waals surface area contributed by atoms with Gasteiger partial charge in [0.2, 0.25) is 0 Å². The molecule has 0 N–H and O–H groups in total. The second-order valence-electron chi connectivity index (χ2n) is 24.7. The van der Waals surface area contributed by atoms with E-state index in [-0.39, 0.29) is 0 Å². The minimum Gasteiger partial charge on any atom is -0.369 e. The van der Waals surface area contributed by atoms with E-state index in [9.17, 15) is 0 Å². The van der Waals surface area contributed by atoms with Crippen LogP contribution in [0.4, 0.5) is 0 Å². The lowest BCUT2D eigenvalue weighted by molar-refractivity contribution is 0.0982. The fraction of sp³-hybridized carbons (Fsp3) is 0.733. The van der Waals surface area contributed by atoms with Gasteiger partial charge >= 0.3 is 0 Å². The Bertz CT molecular complexity index is 1710. The van der Waals surface area contributed by atoms with Crippen molar-refractivity contribution in [1.82, 2.24) is 0 Å². The van der Waals surface area contributed by atoms with E-state index < -0.39 is 0 Å². The van der Waals surface area contributed by atoms with Crippen molar-refractivity contribution in [2.75, 3.05) is 0 Å². The molecular weight excluding hydrogens is 785 g/mol. The molecule has 0 bridgehead atoms. The molecule has 4 heteroatoms. The number of allylic oxidation sites excluding steroid dienone is 8. The van der Waals surface area contributed by atoms with Crippen LogP contribution in [0.25, 0.3) is 0 Å². The lowest BCUT2D eigenvalue weighted by Gasteiger charge is -2.44. The van der Waals surface area contributed by atoms with Gasteiger partial charge in [-0.15, -0.1) is 0 Å². The molecular formula is C60H88O4. The third kappa shape index (κ3) is 7.89. The fourth-order valence-corrected chi connectivity index (χ4v) is 16.2. The molecule has 8 saturated carbocycles. The zero-order valence-electron chi connectivity index (χ0n) is 41.8. The van der Waals surface area contributed by atoms with Crippen LogP contribution in [-0.2, 0) is 18.9 Å². The van der Waals surface area contributed by atoms with Gasteiger partial charge in [0.05, 0.1) is 48.8 Å². The molecule has 12 fully saturated rings. The van der Waals surface area contributed by atoms with E-state index in [1.807, 2.05) is 0 Å². The Kier molecular flexibility index (Phi) is 12.3. The van der Waals surface area contributed by atoms with Gasteiger partial charge in [0.15, 0.2) is 0 Å². The van der Waals surface area contributed by atoms with Gasteiger partial charge in [-0.25, -0.2) is 0 Å². The molecule has 0 amide bonds.